The van der Waals surface area contributed by atoms with E-state index in [1.54, 1.807) is 18.2 Å². The molecule has 1 aliphatic rings. The Morgan fingerprint density at radius 2 is 1.84 bits per heavy atom. The van der Waals surface area contributed by atoms with Crippen molar-refractivity contribution in [3.63, 3.8) is 0 Å². The van der Waals surface area contributed by atoms with Crippen LogP contribution in [0.5, 0.6) is 0 Å². The number of aliphatic imine (C=N–C) groups is 1. The van der Waals surface area contributed by atoms with Gasteiger partial charge in [-0.1, -0.05) is 24.3 Å². The zero-order chi connectivity index (χ0) is 17.8. The molecular weight excluding hydrogens is 327 g/mol. The van der Waals surface area contributed by atoms with E-state index >= 15 is 0 Å². The molecule has 0 unspecified atom stereocenters. The first-order valence-corrected chi connectivity index (χ1v) is 7.22. The van der Waals surface area contributed by atoms with Crippen LogP contribution in [0.2, 0.25) is 0 Å². The van der Waals surface area contributed by atoms with Crippen LogP contribution in [0, 0.1) is 15.9 Å². The van der Waals surface area contributed by atoms with Crippen molar-refractivity contribution in [2.75, 3.05) is 0 Å². The first kappa shape index (κ1) is 16.3. The van der Waals surface area contributed by atoms with Gasteiger partial charge < -0.3 is 4.74 Å². The van der Waals surface area contributed by atoms with Crippen LogP contribution in [0.1, 0.15) is 11.1 Å². The highest BCUT2D eigenvalue weighted by Gasteiger charge is 2.21. The summed E-state index contributed by atoms with van der Waals surface area (Å²) in [4.78, 5) is 26.1. The second-order valence-corrected chi connectivity index (χ2v) is 5.11. The number of nitro groups is 1. The van der Waals surface area contributed by atoms with Gasteiger partial charge in [0.15, 0.2) is 5.70 Å². The number of ether oxygens (including phenoxy) is 1. The summed E-state index contributed by atoms with van der Waals surface area (Å²) in [6, 6.07) is 11.6. The zero-order valence-corrected chi connectivity index (χ0v) is 12.8. The summed E-state index contributed by atoms with van der Waals surface area (Å²) in [5, 5.41) is 10.8. The monoisotopic (exact) mass is 338 g/mol. The lowest BCUT2D eigenvalue weighted by atomic mass is 10.2. The van der Waals surface area contributed by atoms with Gasteiger partial charge in [0.1, 0.15) is 5.82 Å². The smallest absolute Gasteiger partial charge is 0.363 e. The van der Waals surface area contributed by atoms with Crippen LogP contribution in [-0.2, 0) is 9.53 Å². The fourth-order valence-corrected chi connectivity index (χ4v) is 2.12. The fourth-order valence-electron chi connectivity index (χ4n) is 2.12. The summed E-state index contributed by atoms with van der Waals surface area (Å²) in [5.74, 6) is -0.923. The fraction of sp³-hybridized carbons (Fsp3) is 0. The number of nitro benzene ring substituents is 1. The summed E-state index contributed by atoms with van der Waals surface area (Å²) in [5.41, 5.74) is 1.24. The molecule has 1 heterocycles. The Kier molecular flexibility index (Phi) is 4.47. The predicted octanol–water partition coefficient (Wildman–Crippen LogP) is 3.74. The molecule has 2 aromatic carbocycles. The van der Waals surface area contributed by atoms with Gasteiger partial charge in [-0.05, 0) is 35.4 Å². The van der Waals surface area contributed by atoms with Gasteiger partial charge in [-0.2, -0.15) is 0 Å². The number of nitrogens with zero attached hydrogens (tertiary/aromatic N) is 2. The van der Waals surface area contributed by atoms with E-state index in [1.807, 2.05) is 0 Å². The number of cyclic esters (lactones) is 1. The molecule has 0 aliphatic carbocycles. The number of carbonyl (C=O) groups is 1. The second-order valence-electron chi connectivity index (χ2n) is 5.11. The van der Waals surface area contributed by atoms with E-state index in [1.165, 1.54) is 48.6 Å². The summed E-state index contributed by atoms with van der Waals surface area (Å²) in [6.07, 6.45) is 4.48. The summed E-state index contributed by atoms with van der Waals surface area (Å²) in [6.45, 7) is 0. The van der Waals surface area contributed by atoms with Crippen molar-refractivity contribution >= 4 is 29.7 Å². The normalized spacial score (nSPS) is 15.5. The van der Waals surface area contributed by atoms with Crippen molar-refractivity contribution in [1.82, 2.24) is 0 Å². The maximum absolute atomic E-state index is 12.9. The molecule has 0 saturated carbocycles. The van der Waals surface area contributed by atoms with E-state index in [9.17, 15) is 19.3 Å². The van der Waals surface area contributed by atoms with Gasteiger partial charge in [0.2, 0.25) is 5.90 Å². The number of non-ortho nitro benzene ring substituents is 1. The van der Waals surface area contributed by atoms with Crippen molar-refractivity contribution in [2.45, 2.75) is 0 Å². The highest BCUT2D eigenvalue weighted by Crippen LogP contribution is 2.18. The average molecular weight is 338 g/mol. The number of esters is 1. The van der Waals surface area contributed by atoms with Crippen molar-refractivity contribution in [3.05, 3.63) is 87.4 Å². The molecule has 0 spiro atoms. The van der Waals surface area contributed by atoms with E-state index in [4.69, 9.17) is 4.74 Å². The van der Waals surface area contributed by atoms with Gasteiger partial charge in [0, 0.05) is 18.2 Å². The van der Waals surface area contributed by atoms with Crippen molar-refractivity contribution in [2.24, 2.45) is 4.99 Å². The molecule has 0 bridgehead atoms. The van der Waals surface area contributed by atoms with Crippen LogP contribution in [0.15, 0.2) is 65.3 Å². The molecule has 0 radical (unpaired) electrons. The summed E-state index contributed by atoms with van der Waals surface area (Å²) >= 11 is 0. The maximum atomic E-state index is 12.9. The van der Waals surface area contributed by atoms with Crippen LogP contribution >= 0.6 is 0 Å². The molecule has 25 heavy (non-hydrogen) atoms. The summed E-state index contributed by atoms with van der Waals surface area (Å²) in [7, 11) is 0. The van der Waals surface area contributed by atoms with Gasteiger partial charge in [-0.3, -0.25) is 10.1 Å². The molecule has 124 valence electrons. The van der Waals surface area contributed by atoms with Crippen LogP contribution in [-0.4, -0.2) is 16.8 Å². The van der Waals surface area contributed by atoms with E-state index < -0.39 is 10.9 Å². The lowest BCUT2D eigenvalue weighted by Gasteiger charge is -1.94. The van der Waals surface area contributed by atoms with Gasteiger partial charge in [0.05, 0.1) is 4.92 Å². The molecule has 6 nitrogen and oxygen atoms in total. The van der Waals surface area contributed by atoms with Crippen LogP contribution in [0.4, 0.5) is 10.1 Å². The molecule has 0 saturated heterocycles. The minimum absolute atomic E-state index is 0.0376. The summed E-state index contributed by atoms with van der Waals surface area (Å²) < 4.78 is 17.9. The van der Waals surface area contributed by atoms with Gasteiger partial charge in [-0.25, -0.2) is 14.2 Å². The van der Waals surface area contributed by atoms with Crippen molar-refractivity contribution < 1.29 is 18.8 Å². The Bertz CT molecular complexity index is 930. The van der Waals surface area contributed by atoms with E-state index in [0.717, 1.165) is 0 Å². The first-order valence-electron chi connectivity index (χ1n) is 7.22. The SMILES string of the molecule is O=C1OC(/C=C\c2cccc([N+](=O)[O-])c2)=NC/1=C/c1ccc(F)cc1. The molecule has 0 aromatic heterocycles. The Hall–Kier alpha value is -3.61. The maximum Gasteiger partial charge on any atom is 0.363 e. The first-order chi connectivity index (χ1) is 12.0. The molecule has 3 rings (SSSR count). The molecule has 0 amide bonds. The minimum atomic E-state index is -0.622. The van der Waals surface area contributed by atoms with Crippen LogP contribution in [0.25, 0.3) is 12.2 Å². The Labute approximate surface area is 141 Å². The second kappa shape index (κ2) is 6.88. The lowest BCUT2D eigenvalue weighted by molar-refractivity contribution is -0.384. The minimum Gasteiger partial charge on any atom is -0.403 e. The van der Waals surface area contributed by atoms with E-state index in [0.29, 0.717) is 11.1 Å². The van der Waals surface area contributed by atoms with Crippen molar-refractivity contribution in [3.8, 4) is 0 Å². The predicted molar refractivity (Wildman–Crippen MR) is 90.0 cm³/mol. The number of benzene rings is 2. The Morgan fingerprint density at radius 1 is 1.08 bits per heavy atom. The van der Waals surface area contributed by atoms with Crippen LogP contribution < -0.4 is 0 Å². The topological polar surface area (TPSA) is 81.8 Å². The number of halogens is 1. The largest absolute Gasteiger partial charge is 0.403 e. The average Bonchev–Trinajstić information content (AvgIpc) is 2.95. The number of hydrogen-bond acceptors (Lipinski definition) is 5. The molecule has 2 aromatic rings. The third-order valence-corrected chi connectivity index (χ3v) is 3.31. The van der Waals surface area contributed by atoms with E-state index in [-0.39, 0.29) is 23.1 Å². The van der Waals surface area contributed by atoms with E-state index in [2.05, 4.69) is 4.99 Å². The number of carbonyl (C=O) groups excluding carboxylic acids is 1. The molecule has 0 atom stereocenters. The number of rotatable bonds is 4. The highest BCUT2D eigenvalue weighted by atomic mass is 19.1. The Morgan fingerprint density at radius 3 is 2.56 bits per heavy atom. The van der Waals surface area contributed by atoms with Gasteiger partial charge in [0.25, 0.3) is 5.69 Å². The molecule has 0 N–H and O–H groups in total. The zero-order valence-electron chi connectivity index (χ0n) is 12.8. The van der Waals surface area contributed by atoms with Gasteiger partial charge >= 0.3 is 5.97 Å². The van der Waals surface area contributed by atoms with Crippen LogP contribution in [0.3, 0.4) is 0 Å². The quantitative estimate of drug-likeness (QED) is 0.368. The van der Waals surface area contributed by atoms with Crippen molar-refractivity contribution in [1.29, 1.82) is 0 Å². The third-order valence-electron chi connectivity index (χ3n) is 3.31. The lowest BCUT2D eigenvalue weighted by Crippen LogP contribution is -2.01. The molecule has 0 fully saturated rings. The standard InChI is InChI=1S/C18H11FN2O4/c19-14-7-4-13(5-8-14)11-16-18(22)25-17(20-16)9-6-12-2-1-3-15(10-12)21(23)24/h1-11H/b9-6-,16-11+. The third kappa shape index (κ3) is 4.03. The number of hydrogen-bond donors (Lipinski definition) is 0. The Balaban J connectivity index is 1.79. The molecule has 7 heteroatoms. The van der Waals surface area contributed by atoms with Gasteiger partial charge in [-0.15, -0.1) is 0 Å². The highest BCUT2D eigenvalue weighted by molar-refractivity contribution is 6.11. The molecule has 1 aliphatic heterocycles. The molecular formula is C18H11FN2O4.